The van der Waals surface area contributed by atoms with Crippen LogP contribution in [-0.4, -0.2) is 25.2 Å². The molecule has 88 valence electrons. The summed E-state index contributed by atoms with van der Waals surface area (Å²) in [6.07, 6.45) is 0. The molecule has 1 heterocycles. The Morgan fingerprint density at radius 3 is 2.88 bits per heavy atom. The fraction of sp³-hybridized carbons (Fsp3) is 0.400. The van der Waals surface area contributed by atoms with Crippen LogP contribution in [0.15, 0.2) is 17.5 Å². The van der Waals surface area contributed by atoms with Crippen LogP contribution in [0.4, 0.5) is 4.79 Å². The number of carbonyl (C=O) groups excluding carboxylic acids is 2. The Balaban J connectivity index is 2.28. The number of carbonyl (C=O) groups is 2. The van der Waals surface area contributed by atoms with Gasteiger partial charge in [-0.15, -0.1) is 11.3 Å². The molecule has 0 spiro atoms. The minimum absolute atomic E-state index is 0.383. The predicted molar refractivity (Wildman–Crippen MR) is 61.2 cm³/mol. The van der Waals surface area contributed by atoms with Crippen LogP contribution in [0.25, 0.3) is 0 Å². The summed E-state index contributed by atoms with van der Waals surface area (Å²) in [4.78, 5) is 23.4. The molecule has 0 aliphatic carbocycles. The molecular formula is C10H14N2O3S. The Kier molecular flexibility index (Phi) is 4.78. The number of methoxy groups -OCH3 is 1. The Bertz CT molecular complexity index is 351. The lowest BCUT2D eigenvalue weighted by Crippen LogP contribution is -2.44. The van der Waals surface area contributed by atoms with Crippen molar-refractivity contribution in [2.45, 2.75) is 19.5 Å². The minimum atomic E-state index is -0.645. The van der Waals surface area contributed by atoms with Crippen LogP contribution in [-0.2, 0) is 16.1 Å². The van der Waals surface area contributed by atoms with Crippen LogP contribution < -0.4 is 10.6 Å². The maximum Gasteiger partial charge on any atom is 0.328 e. The molecule has 0 aliphatic heterocycles. The van der Waals surface area contributed by atoms with E-state index in [9.17, 15) is 9.59 Å². The van der Waals surface area contributed by atoms with Crippen molar-refractivity contribution in [2.75, 3.05) is 7.11 Å². The van der Waals surface area contributed by atoms with Gasteiger partial charge in [-0.05, 0) is 18.4 Å². The first-order chi connectivity index (χ1) is 7.63. The zero-order chi connectivity index (χ0) is 12.0. The van der Waals surface area contributed by atoms with Gasteiger partial charge < -0.3 is 15.4 Å². The van der Waals surface area contributed by atoms with Crippen molar-refractivity contribution in [2.24, 2.45) is 0 Å². The third-order valence-corrected chi connectivity index (χ3v) is 2.78. The second-order valence-corrected chi connectivity index (χ2v) is 4.18. The van der Waals surface area contributed by atoms with Crippen molar-refractivity contribution < 1.29 is 14.3 Å². The van der Waals surface area contributed by atoms with Crippen LogP contribution in [0.1, 0.15) is 11.8 Å². The SMILES string of the molecule is COC(=O)[C@H](C)NC(=O)NCc1cccs1. The summed E-state index contributed by atoms with van der Waals surface area (Å²) < 4.78 is 4.48. The van der Waals surface area contributed by atoms with Crippen LogP contribution in [0.2, 0.25) is 0 Å². The van der Waals surface area contributed by atoms with E-state index in [-0.39, 0.29) is 6.03 Å². The number of amides is 2. The number of nitrogens with one attached hydrogen (secondary N) is 2. The zero-order valence-electron chi connectivity index (χ0n) is 9.15. The summed E-state index contributed by atoms with van der Waals surface area (Å²) in [5.41, 5.74) is 0. The summed E-state index contributed by atoms with van der Waals surface area (Å²) >= 11 is 1.56. The van der Waals surface area contributed by atoms with Crippen molar-refractivity contribution >= 4 is 23.3 Å². The Labute approximate surface area is 97.8 Å². The van der Waals surface area contributed by atoms with Crippen LogP contribution >= 0.6 is 11.3 Å². The van der Waals surface area contributed by atoms with E-state index < -0.39 is 12.0 Å². The number of ether oxygens (including phenoxy) is 1. The van der Waals surface area contributed by atoms with Crippen molar-refractivity contribution in [3.05, 3.63) is 22.4 Å². The molecule has 2 N–H and O–H groups in total. The first-order valence-electron chi connectivity index (χ1n) is 4.78. The summed E-state index contributed by atoms with van der Waals surface area (Å²) in [5.74, 6) is -0.466. The van der Waals surface area contributed by atoms with Crippen molar-refractivity contribution in [3.8, 4) is 0 Å². The highest BCUT2D eigenvalue weighted by atomic mass is 32.1. The molecule has 16 heavy (non-hydrogen) atoms. The van der Waals surface area contributed by atoms with E-state index in [4.69, 9.17) is 0 Å². The molecule has 1 atom stereocenters. The summed E-state index contributed by atoms with van der Waals surface area (Å²) in [6, 6.07) is 2.81. The molecule has 5 nitrogen and oxygen atoms in total. The van der Waals surface area contributed by atoms with E-state index in [0.717, 1.165) is 4.88 Å². The lowest BCUT2D eigenvalue weighted by atomic mass is 10.3. The Hall–Kier alpha value is -1.56. The highest BCUT2D eigenvalue weighted by Crippen LogP contribution is 2.06. The molecule has 6 heteroatoms. The summed E-state index contributed by atoms with van der Waals surface area (Å²) in [7, 11) is 1.28. The highest BCUT2D eigenvalue weighted by Gasteiger charge is 2.15. The molecule has 2 amide bonds. The number of rotatable bonds is 4. The second kappa shape index (κ2) is 6.12. The molecule has 1 aromatic heterocycles. The molecule has 1 rings (SSSR count). The smallest absolute Gasteiger partial charge is 0.328 e. The van der Waals surface area contributed by atoms with E-state index in [1.54, 1.807) is 18.3 Å². The van der Waals surface area contributed by atoms with E-state index in [1.807, 2.05) is 17.5 Å². The maximum absolute atomic E-state index is 11.3. The monoisotopic (exact) mass is 242 g/mol. The van der Waals surface area contributed by atoms with Gasteiger partial charge in [0.2, 0.25) is 0 Å². The lowest BCUT2D eigenvalue weighted by Gasteiger charge is -2.11. The minimum Gasteiger partial charge on any atom is -0.467 e. The average molecular weight is 242 g/mol. The quantitative estimate of drug-likeness (QED) is 0.777. The third-order valence-electron chi connectivity index (χ3n) is 1.91. The average Bonchev–Trinajstić information content (AvgIpc) is 2.78. The Morgan fingerprint density at radius 1 is 1.56 bits per heavy atom. The second-order valence-electron chi connectivity index (χ2n) is 3.15. The fourth-order valence-electron chi connectivity index (χ4n) is 1.06. The number of thiophene rings is 1. The molecule has 0 fully saturated rings. The topological polar surface area (TPSA) is 67.4 Å². The number of esters is 1. The predicted octanol–water partition coefficient (Wildman–Crippen LogP) is 1.11. The molecule has 0 bridgehead atoms. The van der Waals surface area contributed by atoms with Gasteiger partial charge >= 0.3 is 12.0 Å². The zero-order valence-corrected chi connectivity index (χ0v) is 9.97. The van der Waals surface area contributed by atoms with Gasteiger partial charge in [0.25, 0.3) is 0 Å². The van der Waals surface area contributed by atoms with Crippen molar-refractivity contribution in [3.63, 3.8) is 0 Å². The van der Waals surface area contributed by atoms with Gasteiger partial charge in [-0.2, -0.15) is 0 Å². The first kappa shape index (κ1) is 12.5. The van der Waals surface area contributed by atoms with Gasteiger partial charge in [-0.3, -0.25) is 0 Å². The number of hydrogen-bond donors (Lipinski definition) is 2. The molecule has 0 aliphatic rings. The van der Waals surface area contributed by atoms with Crippen molar-refractivity contribution in [1.82, 2.24) is 10.6 Å². The maximum atomic E-state index is 11.3. The summed E-state index contributed by atoms with van der Waals surface area (Å²) in [6.45, 7) is 2.02. The third kappa shape index (κ3) is 3.90. The van der Waals surface area contributed by atoms with Crippen molar-refractivity contribution in [1.29, 1.82) is 0 Å². The van der Waals surface area contributed by atoms with E-state index >= 15 is 0 Å². The number of urea groups is 1. The standard InChI is InChI=1S/C10H14N2O3S/c1-7(9(13)15-2)12-10(14)11-6-8-4-3-5-16-8/h3-5,7H,6H2,1-2H3,(H2,11,12,14)/t7-/m0/s1. The largest absolute Gasteiger partial charge is 0.467 e. The van der Waals surface area contributed by atoms with Crippen LogP contribution in [0.5, 0.6) is 0 Å². The molecule has 0 saturated heterocycles. The molecule has 1 aromatic rings. The van der Waals surface area contributed by atoms with E-state index in [2.05, 4.69) is 15.4 Å². The van der Waals surface area contributed by atoms with Gasteiger partial charge in [0.1, 0.15) is 6.04 Å². The normalized spacial score (nSPS) is 11.6. The summed E-state index contributed by atoms with van der Waals surface area (Å²) in [5, 5.41) is 7.06. The molecule has 0 saturated carbocycles. The highest BCUT2D eigenvalue weighted by molar-refractivity contribution is 7.09. The fourth-order valence-corrected chi connectivity index (χ4v) is 1.71. The van der Waals surface area contributed by atoms with E-state index in [1.165, 1.54) is 7.11 Å². The molecule has 0 unspecified atom stereocenters. The lowest BCUT2D eigenvalue weighted by molar-refractivity contribution is -0.142. The molecule has 0 radical (unpaired) electrons. The van der Waals surface area contributed by atoms with Crippen LogP contribution in [0, 0.1) is 0 Å². The molecular weight excluding hydrogens is 228 g/mol. The number of hydrogen-bond acceptors (Lipinski definition) is 4. The first-order valence-corrected chi connectivity index (χ1v) is 5.66. The van der Waals surface area contributed by atoms with Gasteiger partial charge in [-0.25, -0.2) is 9.59 Å². The van der Waals surface area contributed by atoms with Gasteiger partial charge in [-0.1, -0.05) is 6.07 Å². The van der Waals surface area contributed by atoms with Gasteiger partial charge in [0.15, 0.2) is 0 Å². The molecule has 0 aromatic carbocycles. The van der Waals surface area contributed by atoms with E-state index in [0.29, 0.717) is 6.54 Å². The Morgan fingerprint density at radius 2 is 2.31 bits per heavy atom. The van der Waals surface area contributed by atoms with Gasteiger partial charge in [0.05, 0.1) is 13.7 Å². The van der Waals surface area contributed by atoms with Crippen LogP contribution in [0.3, 0.4) is 0 Å². The van der Waals surface area contributed by atoms with Gasteiger partial charge in [0, 0.05) is 4.88 Å².